The van der Waals surface area contributed by atoms with Gasteiger partial charge in [-0.15, -0.1) is 0 Å². The summed E-state index contributed by atoms with van der Waals surface area (Å²) in [5.41, 5.74) is 3.32. The smallest absolute Gasteiger partial charge is 0.302 e. The zero-order valence-electron chi connectivity index (χ0n) is 22.0. The quantitative estimate of drug-likeness (QED) is 0.287. The Balaban J connectivity index is 1.22. The van der Waals surface area contributed by atoms with Gasteiger partial charge in [0.05, 0.1) is 12.6 Å². The number of ether oxygens (including phenoxy) is 2. The predicted molar refractivity (Wildman–Crippen MR) is 146 cm³/mol. The normalized spacial score (nSPS) is 41.7. The molecular weight excluding hydrogens is 514 g/mol. The molecule has 3 saturated carbocycles. The standard InChI is InChI=1S/C31H40BrNO3/c1-19(34)36-23-12-15-30(2)21(18-23)6-9-24-25-10-11-27(31(25,3)16-13-26(24)30)28-14-17-35-29(33-28)20-4-7-22(32)8-5-20/h4-8,23-28H,9-18H2,1-3H3/t23-,24-,25-,26-,27+,28-,30-,31-/m0/s1. The molecule has 5 heteroatoms. The second-order valence-electron chi connectivity index (χ2n) is 12.6. The van der Waals surface area contributed by atoms with Crippen molar-refractivity contribution in [2.45, 2.75) is 90.7 Å². The molecule has 6 rings (SSSR count). The van der Waals surface area contributed by atoms with Crippen molar-refractivity contribution in [2.24, 2.45) is 39.5 Å². The minimum absolute atomic E-state index is 0.0781. The highest BCUT2D eigenvalue weighted by atomic mass is 79.9. The third kappa shape index (κ3) is 4.08. The Labute approximate surface area is 224 Å². The summed E-state index contributed by atoms with van der Waals surface area (Å²) in [6.07, 6.45) is 13.3. The first-order valence-electron chi connectivity index (χ1n) is 14.1. The van der Waals surface area contributed by atoms with Crippen LogP contribution in [0, 0.1) is 34.5 Å². The summed E-state index contributed by atoms with van der Waals surface area (Å²) in [6, 6.07) is 8.74. The maximum Gasteiger partial charge on any atom is 0.302 e. The highest BCUT2D eigenvalue weighted by Gasteiger charge is 2.60. The van der Waals surface area contributed by atoms with Gasteiger partial charge < -0.3 is 9.47 Å². The molecule has 0 aromatic heterocycles. The Morgan fingerprint density at radius 3 is 2.58 bits per heavy atom. The fourth-order valence-corrected chi connectivity index (χ4v) is 9.47. The van der Waals surface area contributed by atoms with Gasteiger partial charge in [-0.05, 0) is 104 Å². The Morgan fingerprint density at radius 1 is 1.03 bits per heavy atom. The number of allylic oxidation sites excluding steroid dienone is 1. The summed E-state index contributed by atoms with van der Waals surface area (Å²) in [6.45, 7) is 7.45. The molecule has 1 heterocycles. The number of carbonyl (C=O) groups is 1. The summed E-state index contributed by atoms with van der Waals surface area (Å²) in [5, 5.41) is 0. The molecule has 0 N–H and O–H groups in total. The monoisotopic (exact) mass is 553 g/mol. The van der Waals surface area contributed by atoms with Gasteiger partial charge in [0.25, 0.3) is 0 Å². The van der Waals surface area contributed by atoms with Crippen molar-refractivity contribution in [1.82, 2.24) is 0 Å². The highest BCUT2D eigenvalue weighted by molar-refractivity contribution is 9.10. The molecule has 0 saturated heterocycles. The molecule has 0 unspecified atom stereocenters. The second kappa shape index (κ2) is 9.29. The number of hydrogen-bond donors (Lipinski definition) is 0. The number of aliphatic imine (C=N–C) groups is 1. The summed E-state index contributed by atoms with van der Waals surface area (Å²) < 4.78 is 12.8. The number of fused-ring (bicyclic) bond motifs is 5. The molecule has 0 bridgehead atoms. The molecule has 4 nitrogen and oxygen atoms in total. The van der Waals surface area contributed by atoms with Crippen molar-refractivity contribution < 1.29 is 14.3 Å². The zero-order valence-corrected chi connectivity index (χ0v) is 23.6. The highest BCUT2D eigenvalue weighted by Crippen LogP contribution is 2.67. The van der Waals surface area contributed by atoms with E-state index in [0.717, 1.165) is 66.0 Å². The van der Waals surface area contributed by atoms with Crippen LogP contribution in [0.3, 0.4) is 0 Å². The average molecular weight is 555 g/mol. The van der Waals surface area contributed by atoms with E-state index in [4.69, 9.17) is 14.5 Å². The Hall–Kier alpha value is -1.62. The van der Waals surface area contributed by atoms with Crippen LogP contribution in [0.25, 0.3) is 0 Å². The topological polar surface area (TPSA) is 47.9 Å². The van der Waals surface area contributed by atoms with Crippen LogP contribution in [0.5, 0.6) is 0 Å². The lowest BCUT2D eigenvalue weighted by Gasteiger charge is -2.58. The first-order valence-corrected chi connectivity index (χ1v) is 14.9. The number of hydrogen-bond acceptors (Lipinski definition) is 4. The first kappa shape index (κ1) is 24.7. The summed E-state index contributed by atoms with van der Waals surface area (Å²) in [4.78, 5) is 16.8. The van der Waals surface area contributed by atoms with Crippen molar-refractivity contribution in [1.29, 1.82) is 0 Å². The van der Waals surface area contributed by atoms with Crippen LogP contribution < -0.4 is 0 Å². The van der Waals surface area contributed by atoms with Crippen molar-refractivity contribution in [3.63, 3.8) is 0 Å². The van der Waals surface area contributed by atoms with Crippen molar-refractivity contribution in [3.05, 3.63) is 46.0 Å². The molecule has 36 heavy (non-hydrogen) atoms. The second-order valence-corrected chi connectivity index (χ2v) is 13.5. The Morgan fingerprint density at radius 2 is 1.81 bits per heavy atom. The van der Waals surface area contributed by atoms with Gasteiger partial charge >= 0.3 is 5.97 Å². The van der Waals surface area contributed by atoms with Crippen molar-refractivity contribution >= 4 is 27.8 Å². The number of rotatable bonds is 3. The molecule has 194 valence electrons. The van der Waals surface area contributed by atoms with Gasteiger partial charge in [-0.3, -0.25) is 4.79 Å². The van der Waals surface area contributed by atoms with E-state index < -0.39 is 0 Å². The van der Waals surface area contributed by atoms with Crippen LogP contribution >= 0.6 is 15.9 Å². The van der Waals surface area contributed by atoms with Crippen LogP contribution in [0.2, 0.25) is 0 Å². The van der Waals surface area contributed by atoms with Crippen molar-refractivity contribution in [2.75, 3.05) is 6.61 Å². The lowest BCUT2D eigenvalue weighted by molar-refractivity contribution is -0.148. The van der Waals surface area contributed by atoms with Gasteiger partial charge in [-0.25, -0.2) is 4.99 Å². The Bertz CT molecular complexity index is 1080. The lowest BCUT2D eigenvalue weighted by Crippen LogP contribution is -2.51. The molecule has 1 aliphatic heterocycles. The summed E-state index contributed by atoms with van der Waals surface area (Å²) in [7, 11) is 0. The molecular formula is C31H40BrNO3. The summed E-state index contributed by atoms with van der Waals surface area (Å²) in [5.74, 6) is 3.68. The van der Waals surface area contributed by atoms with E-state index in [0.29, 0.717) is 17.4 Å². The van der Waals surface area contributed by atoms with E-state index in [9.17, 15) is 4.79 Å². The zero-order chi connectivity index (χ0) is 25.1. The number of nitrogens with zero attached hydrogens (tertiary/aromatic N) is 1. The number of carbonyl (C=O) groups excluding carboxylic acids is 1. The van der Waals surface area contributed by atoms with Crippen LogP contribution in [0.15, 0.2) is 45.4 Å². The fraction of sp³-hybridized carbons (Fsp3) is 0.677. The first-order chi connectivity index (χ1) is 17.3. The maximum absolute atomic E-state index is 11.6. The number of esters is 1. The van der Waals surface area contributed by atoms with Crippen LogP contribution in [0.4, 0.5) is 0 Å². The molecule has 4 aliphatic carbocycles. The van der Waals surface area contributed by atoms with Gasteiger partial charge in [-0.1, -0.05) is 41.4 Å². The van der Waals surface area contributed by atoms with Gasteiger partial charge in [0.1, 0.15) is 6.10 Å². The fourth-order valence-electron chi connectivity index (χ4n) is 9.21. The van der Waals surface area contributed by atoms with E-state index in [-0.39, 0.29) is 17.5 Å². The van der Waals surface area contributed by atoms with Gasteiger partial charge in [0.15, 0.2) is 0 Å². The van der Waals surface area contributed by atoms with E-state index in [1.807, 2.05) is 0 Å². The van der Waals surface area contributed by atoms with E-state index in [2.05, 4.69) is 60.1 Å². The van der Waals surface area contributed by atoms with Crippen LogP contribution in [-0.2, 0) is 14.3 Å². The van der Waals surface area contributed by atoms with Crippen LogP contribution in [0.1, 0.15) is 84.1 Å². The third-order valence-electron chi connectivity index (χ3n) is 11.0. The molecule has 5 aliphatic rings. The van der Waals surface area contributed by atoms with Gasteiger partial charge in [-0.2, -0.15) is 0 Å². The van der Waals surface area contributed by atoms with Crippen LogP contribution in [-0.4, -0.2) is 30.6 Å². The molecule has 0 spiro atoms. The molecule has 1 aromatic rings. The van der Waals surface area contributed by atoms with Gasteiger partial charge in [0, 0.05) is 29.8 Å². The molecule has 3 fully saturated rings. The number of halogens is 1. The average Bonchev–Trinajstić information content (AvgIpc) is 3.22. The maximum atomic E-state index is 11.6. The number of benzene rings is 1. The minimum atomic E-state index is -0.137. The SMILES string of the molecule is CC(=O)O[C@H]1CC[C@@]2(C)C(=CC[C@H]3[C@@H]4CC[C@H]([C@@H]5CCOC(c6ccc(Br)cc6)=N5)[C@@]4(C)CC[C@@H]32)C1. The van der Waals surface area contributed by atoms with E-state index in [1.165, 1.54) is 32.1 Å². The van der Waals surface area contributed by atoms with E-state index in [1.54, 1.807) is 12.5 Å². The Kier molecular flexibility index (Phi) is 6.37. The van der Waals surface area contributed by atoms with E-state index >= 15 is 0 Å². The molecule has 1 aromatic carbocycles. The molecule has 0 radical (unpaired) electrons. The third-order valence-corrected chi connectivity index (χ3v) is 11.5. The van der Waals surface area contributed by atoms with Gasteiger partial charge in [0.2, 0.25) is 5.90 Å². The predicted octanol–water partition coefficient (Wildman–Crippen LogP) is 7.50. The summed E-state index contributed by atoms with van der Waals surface area (Å²) >= 11 is 3.54. The van der Waals surface area contributed by atoms with Crippen molar-refractivity contribution in [3.8, 4) is 0 Å². The largest absolute Gasteiger partial charge is 0.477 e. The minimum Gasteiger partial charge on any atom is -0.477 e. The lowest BCUT2D eigenvalue weighted by atomic mass is 9.47. The molecule has 8 atom stereocenters. The molecule has 0 amide bonds.